The van der Waals surface area contributed by atoms with Crippen molar-refractivity contribution in [1.82, 2.24) is 9.78 Å². The lowest BCUT2D eigenvalue weighted by molar-refractivity contribution is 0.636. The zero-order valence-electron chi connectivity index (χ0n) is 7.87. The molecule has 0 radical (unpaired) electrons. The summed E-state index contributed by atoms with van der Waals surface area (Å²) in [4.78, 5) is 15.2. The fourth-order valence-electron chi connectivity index (χ4n) is 1.06. The topological polar surface area (TPSA) is 50.1 Å². The first-order valence-corrected chi connectivity index (χ1v) is 4.14. The standard InChI is InChI=1S/C9H13N3O/c1-4-10-7(3)8-6-9(13)12(5-2)11-8/h4,6,11H,1,5H2,2-3H3. The Labute approximate surface area is 76.6 Å². The molecule has 0 saturated heterocycles. The van der Waals surface area contributed by atoms with Crippen LogP contribution in [0.15, 0.2) is 28.6 Å². The quantitative estimate of drug-likeness (QED) is 0.695. The van der Waals surface area contributed by atoms with E-state index in [1.165, 1.54) is 16.9 Å². The Morgan fingerprint density at radius 3 is 3.00 bits per heavy atom. The molecule has 1 rings (SSSR count). The maximum absolute atomic E-state index is 11.2. The van der Waals surface area contributed by atoms with Gasteiger partial charge in [0.15, 0.2) is 0 Å². The van der Waals surface area contributed by atoms with Gasteiger partial charge in [0.1, 0.15) is 0 Å². The third-order valence-electron chi connectivity index (χ3n) is 1.78. The van der Waals surface area contributed by atoms with Gasteiger partial charge in [-0.15, -0.1) is 0 Å². The number of aryl methyl sites for hydroxylation is 1. The van der Waals surface area contributed by atoms with Gasteiger partial charge in [-0.05, 0) is 13.8 Å². The molecule has 0 saturated carbocycles. The molecule has 13 heavy (non-hydrogen) atoms. The minimum Gasteiger partial charge on any atom is -0.294 e. The largest absolute Gasteiger partial charge is 0.294 e. The lowest BCUT2D eigenvalue weighted by atomic mass is 10.3. The lowest BCUT2D eigenvalue weighted by Gasteiger charge is -1.95. The third-order valence-corrected chi connectivity index (χ3v) is 1.78. The van der Waals surface area contributed by atoms with Crippen LogP contribution in [0.1, 0.15) is 19.5 Å². The van der Waals surface area contributed by atoms with E-state index < -0.39 is 0 Å². The predicted octanol–water partition coefficient (Wildman–Crippen LogP) is 1.15. The highest BCUT2D eigenvalue weighted by atomic mass is 16.1. The van der Waals surface area contributed by atoms with Gasteiger partial charge in [0, 0.05) is 18.8 Å². The van der Waals surface area contributed by atoms with Gasteiger partial charge in [-0.2, -0.15) is 0 Å². The fraction of sp³-hybridized carbons (Fsp3) is 0.333. The summed E-state index contributed by atoms with van der Waals surface area (Å²) in [7, 11) is 0. The van der Waals surface area contributed by atoms with Crippen molar-refractivity contribution < 1.29 is 0 Å². The van der Waals surface area contributed by atoms with E-state index >= 15 is 0 Å². The van der Waals surface area contributed by atoms with Crippen LogP contribution in [0.3, 0.4) is 0 Å². The molecule has 0 aliphatic heterocycles. The maximum Gasteiger partial charge on any atom is 0.267 e. The van der Waals surface area contributed by atoms with E-state index in [0.29, 0.717) is 6.54 Å². The van der Waals surface area contributed by atoms with Crippen molar-refractivity contribution >= 4 is 5.71 Å². The lowest BCUT2D eigenvalue weighted by Crippen LogP contribution is -2.13. The Morgan fingerprint density at radius 1 is 1.85 bits per heavy atom. The van der Waals surface area contributed by atoms with E-state index in [-0.39, 0.29) is 5.56 Å². The third kappa shape index (κ3) is 1.96. The van der Waals surface area contributed by atoms with Crippen LogP contribution in [-0.4, -0.2) is 15.5 Å². The molecule has 0 aromatic carbocycles. The number of rotatable bonds is 3. The monoisotopic (exact) mass is 179 g/mol. The van der Waals surface area contributed by atoms with Crippen LogP contribution in [0.2, 0.25) is 0 Å². The van der Waals surface area contributed by atoms with Gasteiger partial charge in [0.25, 0.3) is 5.56 Å². The predicted molar refractivity (Wildman–Crippen MR) is 53.1 cm³/mol. The second kappa shape index (κ2) is 3.89. The fourth-order valence-corrected chi connectivity index (χ4v) is 1.06. The van der Waals surface area contributed by atoms with E-state index in [2.05, 4.69) is 16.7 Å². The van der Waals surface area contributed by atoms with Crippen molar-refractivity contribution in [3.05, 3.63) is 34.9 Å². The summed E-state index contributed by atoms with van der Waals surface area (Å²) in [5, 5.41) is 2.94. The van der Waals surface area contributed by atoms with E-state index in [1.807, 2.05) is 13.8 Å². The van der Waals surface area contributed by atoms with Crippen LogP contribution in [0.4, 0.5) is 0 Å². The van der Waals surface area contributed by atoms with Gasteiger partial charge in [0.05, 0.1) is 11.4 Å². The van der Waals surface area contributed by atoms with Crippen molar-refractivity contribution in [3.8, 4) is 0 Å². The molecule has 0 bridgehead atoms. The smallest absolute Gasteiger partial charge is 0.267 e. The summed E-state index contributed by atoms with van der Waals surface area (Å²) in [6.07, 6.45) is 1.46. The van der Waals surface area contributed by atoms with Crippen molar-refractivity contribution in [1.29, 1.82) is 0 Å². The SMILES string of the molecule is C=CN=C(C)c1cc(=O)n(CC)[nH]1. The molecular formula is C9H13N3O. The molecule has 4 heteroatoms. The Morgan fingerprint density at radius 2 is 2.54 bits per heavy atom. The van der Waals surface area contributed by atoms with E-state index in [4.69, 9.17) is 0 Å². The minimum absolute atomic E-state index is 0.0314. The summed E-state index contributed by atoms with van der Waals surface area (Å²) < 4.78 is 1.53. The molecule has 4 nitrogen and oxygen atoms in total. The van der Waals surface area contributed by atoms with Crippen LogP contribution < -0.4 is 5.56 Å². The van der Waals surface area contributed by atoms with Crippen molar-refractivity contribution in [2.24, 2.45) is 4.99 Å². The molecule has 0 unspecified atom stereocenters. The zero-order chi connectivity index (χ0) is 9.84. The first-order valence-electron chi connectivity index (χ1n) is 4.14. The molecule has 1 N–H and O–H groups in total. The van der Waals surface area contributed by atoms with Gasteiger partial charge in [-0.1, -0.05) is 6.58 Å². The summed E-state index contributed by atoms with van der Waals surface area (Å²) >= 11 is 0. The molecule has 0 amide bonds. The minimum atomic E-state index is -0.0314. The Kier molecular flexibility index (Phi) is 2.84. The Bertz CT molecular complexity index is 384. The van der Waals surface area contributed by atoms with Crippen LogP contribution >= 0.6 is 0 Å². The Hall–Kier alpha value is -1.58. The number of hydrogen-bond acceptors (Lipinski definition) is 2. The maximum atomic E-state index is 11.2. The normalized spacial score (nSPS) is 11.7. The molecule has 0 aliphatic carbocycles. The van der Waals surface area contributed by atoms with Crippen LogP contribution in [-0.2, 0) is 6.54 Å². The summed E-state index contributed by atoms with van der Waals surface area (Å²) in [6, 6.07) is 1.53. The zero-order valence-corrected chi connectivity index (χ0v) is 7.87. The number of aliphatic imine (C=N–C) groups is 1. The van der Waals surface area contributed by atoms with Gasteiger partial charge in [-0.25, -0.2) is 0 Å². The number of aromatic nitrogens is 2. The molecule has 1 heterocycles. The number of nitrogens with zero attached hydrogens (tertiary/aromatic N) is 2. The summed E-state index contributed by atoms with van der Waals surface area (Å²) in [5.41, 5.74) is 1.47. The Balaban J connectivity index is 3.10. The first-order chi connectivity index (χ1) is 6.19. The van der Waals surface area contributed by atoms with Gasteiger partial charge in [0.2, 0.25) is 0 Å². The van der Waals surface area contributed by atoms with E-state index in [9.17, 15) is 4.79 Å². The second-order valence-corrected chi connectivity index (χ2v) is 2.65. The first kappa shape index (κ1) is 9.51. The van der Waals surface area contributed by atoms with Gasteiger partial charge in [-0.3, -0.25) is 19.6 Å². The molecule has 0 spiro atoms. The highest BCUT2D eigenvalue weighted by Gasteiger charge is 2.02. The van der Waals surface area contributed by atoms with Crippen molar-refractivity contribution in [2.45, 2.75) is 20.4 Å². The number of H-pyrrole nitrogens is 1. The van der Waals surface area contributed by atoms with Crippen LogP contribution in [0.5, 0.6) is 0 Å². The van der Waals surface area contributed by atoms with Crippen molar-refractivity contribution in [3.63, 3.8) is 0 Å². The van der Waals surface area contributed by atoms with Crippen LogP contribution in [0, 0.1) is 0 Å². The average molecular weight is 179 g/mol. The second-order valence-electron chi connectivity index (χ2n) is 2.65. The molecule has 1 aromatic heterocycles. The molecule has 0 fully saturated rings. The summed E-state index contributed by atoms with van der Waals surface area (Å²) in [5.74, 6) is 0. The highest BCUT2D eigenvalue weighted by molar-refractivity contribution is 5.97. The highest BCUT2D eigenvalue weighted by Crippen LogP contribution is 1.94. The van der Waals surface area contributed by atoms with Crippen LogP contribution in [0.25, 0.3) is 0 Å². The van der Waals surface area contributed by atoms with E-state index in [0.717, 1.165) is 11.4 Å². The molecule has 1 aromatic rings. The van der Waals surface area contributed by atoms with E-state index in [1.54, 1.807) is 0 Å². The van der Waals surface area contributed by atoms with Gasteiger partial charge < -0.3 is 0 Å². The molecule has 70 valence electrons. The molecule has 0 atom stereocenters. The number of nitrogens with one attached hydrogen (secondary N) is 1. The van der Waals surface area contributed by atoms with Gasteiger partial charge >= 0.3 is 0 Å². The number of aromatic amines is 1. The molecule has 0 aliphatic rings. The number of hydrogen-bond donors (Lipinski definition) is 1. The molecular weight excluding hydrogens is 166 g/mol. The van der Waals surface area contributed by atoms with Crippen molar-refractivity contribution in [2.75, 3.05) is 0 Å². The summed E-state index contributed by atoms with van der Waals surface area (Å²) in [6.45, 7) is 7.86. The average Bonchev–Trinajstić information content (AvgIpc) is 2.47.